The van der Waals surface area contributed by atoms with Crippen LogP contribution in [0, 0.1) is 12.8 Å². The standard InChI is InChI=1S/C10H17N3/c1-7-9-5-8(6-11)3-4-10(9)12-13(7)2/h8H,3-6,11H2,1-2H3. The molecule has 3 heteroatoms. The number of aryl methyl sites for hydroxylation is 2. The first-order valence-corrected chi connectivity index (χ1v) is 4.93. The number of rotatable bonds is 1. The molecule has 0 bridgehead atoms. The van der Waals surface area contributed by atoms with Gasteiger partial charge in [0.1, 0.15) is 0 Å². The molecule has 1 aliphatic carbocycles. The highest BCUT2D eigenvalue weighted by Crippen LogP contribution is 2.26. The van der Waals surface area contributed by atoms with Crippen LogP contribution in [0.15, 0.2) is 0 Å². The summed E-state index contributed by atoms with van der Waals surface area (Å²) in [6.07, 6.45) is 3.45. The van der Waals surface area contributed by atoms with E-state index in [0.29, 0.717) is 5.92 Å². The van der Waals surface area contributed by atoms with Crippen molar-refractivity contribution in [2.24, 2.45) is 18.7 Å². The van der Waals surface area contributed by atoms with Gasteiger partial charge in [-0.05, 0) is 44.2 Å². The van der Waals surface area contributed by atoms with E-state index in [0.717, 1.165) is 19.4 Å². The Bertz CT molecular complexity index is 314. The quantitative estimate of drug-likeness (QED) is 0.692. The van der Waals surface area contributed by atoms with Crippen molar-refractivity contribution >= 4 is 0 Å². The second-order valence-corrected chi connectivity index (χ2v) is 3.98. The van der Waals surface area contributed by atoms with Crippen molar-refractivity contribution in [3.63, 3.8) is 0 Å². The third kappa shape index (κ3) is 1.37. The van der Waals surface area contributed by atoms with Gasteiger partial charge in [-0.1, -0.05) is 0 Å². The molecule has 2 N–H and O–H groups in total. The minimum Gasteiger partial charge on any atom is -0.330 e. The summed E-state index contributed by atoms with van der Waals surface area (Å²) in [5.41, 5.74) is 9.75. The molecular weight excluding hydrogens is 162 g/mol. The molecule has 3 nitrogen and oxygen atoms in total. The Labute approximate surface area is 78.9 Å². The summed E-state index contributed by atoms with van der Waals surface area (Å²) in [7, 11) is 2.02. The van der Waals surface area contributed by atoms with E-state index >= 15 is 0 Å². The zero-order valence-corrected chi connectivity index (χ0v) is 8.38. The third-order valence-electron chi connectivity index (χ3n) is 3.16. The summed E-state index contributed by atoms with van der Waals surface area (Å²) >= 11 is 0. The van der Waals surface area contributed by atoms with E-state index in [1.807, 2.05) is 11.7 Å². The average molecular weight is 179 g/mol. The lowest BCUT2D eigenvalue weighted by Gasteiger charge is -2.19. The monoisotopic (exact) mass is 179 g/mol. The lowest BCUT2D eigenvalue weighted by atomic mass is 9.87. The van der Waals surface area contributed by atoms with Crippen LogP contribution in [-0.4, -0.2) is 16.3 Å². The first-order chi connectivity index (χ1) is 6.22. The lowest BCUT2D eigenvalue weighted by molar-refractivity contribution is 0.465. The predicted molar refractivity (Wildman–Crippen MR) is 52.5 cm³/mol. The van der Waals surface area contributed by atoms with E-state index in [9.17, 15) is 0 Å². The highest BCUT2D eigenvalue weighted by Gasteiger charge is 2.22. The number of nitrogens with two attached hydrogens (primary N) is 1. The van der Waals surface area contributed by atoms with Gasteiger partial charge in [-0.2, -0.15) is 5.10 Å². The highest BCUT2D eigenvalue weighted by molar-refractivity contribution is 5.28. The van der Waals surface area contributed by atoms with Crippen LogP contribution in [0.3, 0.4) is 0 Å². The second kappa shape index (κ2) is 3.14. The van der Waals surface area contributed by atoms with Gasteiger partial charge in [-0.15, -0.1) is 0 Å². The van der Waals surface area contributed by atoms with E-state index in [-0.39, 0.29) is 0 Å². The Kier molecular flexibility index (Phi) is 2.12. The molecule has 2 rings (SSSR count). The van der Waals surface area contributed by atoms with E-state index in [1.165, 1.54) is 23.4 Å². The molecule has 0 aromatic carbocycles. The number of hydrogen-bond acceptors (Lipinski definition) is 2. The first-order valence-electron chi connectivity index (χ1n) is 4.93. The molecule has 72 valence electrons. The molecule has 0 fully saturated rings. The molecule has 13 heavy (non-hydrogen) atoms. The molecule has 1 atom stereocenters. The number of hydrogen-bond donors (Lipinski definition) is 1. The highest BCUT2D eigenvalue weighted by atomic mass is 15.3. The molecule has 1 aromatic heterocycles. The molecule has 0 radical (unpaired) electrons. The van der Waals surface area contributed by atoms with Crippen molar-refractivity contribution in [3.8, 4) is 0 Å². The van der Waals surface area contributed by atoms with E-state index in [2.05, 4.69) is 12.0 Å². The van der Waals surface area contributed by atoms with Crippen LogP contribution in [0.2, 0.25) is 0 Å². The van der Waals surface area contributed by atoms with Crippen LogP contribution in [0.1, 0.15) is 23.4 Å². The zero-order valence-electron chi connectivity index (χ0n) is 8.38. The topological polar surface area (TPSA) is 43.8 Å². The Morgan fingerprint density at radius 2 is 2.38 bits per heavy atom. The van der Waals surface area contributed by atoms with Crippen molar-refractivity contribution in [1.82, 2.24) is 9.78 Å². The Morgan fingerprint density at radius 3 is 3.08 bits per heavy atom. The van der Waals surface area contributed by atoms with Crippen molar-refractivity contribution in [2.45, 2.75) is 26.2 Å². The zero-order chi connectivity index (χ0) is 9.42. The summed E-state index contributed by atoms with van der Waals surface area (Å²) in [6, 6.07) is 0. The van der Waals surface area contributed by atoms with Crippen LogP contribution in [-0.2, 0) is 19.9 Å². The van der Waals surface area contributed by atoms with Crippen LogP contribution in [0.4, 0.5) is 0 Å². The summed E-state index contributed by atoms with van der Waals surface area (Å²) < 4.78 is 1.99. The van der Waals surface area contributed by atoms with Gasteiger partial charge in [0.25, 0.3) is 0 Å². The van der Waals surface area contributed by atoms with Gasteiger partial charge in [-0.3, -0.25) is 4.68 Å². The van der Waals surface area contributed by atoms with Crippen LogP contribution >= 0.6 is 0 Å². The number of aromatic nitrogens is 2. The number of nitrogens with zero attached hydrogens (tertiary/aromatic N) is 2. The minimum atomic E-state index is 0.676. The van der Waals surface area contributed by atoms with Crippen LogP contribution in [0.25, 0.3) is 0 Å². The Morgan fingerprint density at radius 1 is 1.62 bits per heavy atom. The predicted octanol–water partition coefficient (Wildman–Crippen LogP) is 0.792. The second-order valence-electron chi connectivity index (χ2n) is 3.98. The van der Waals surface area contributed by atoms with Crippen molar-refractivity contribution in [3.05, 3.63) is 17.0 Å². The summed E-state index contributed by atoms with van der Waals surface area (Å²) in [4.78, 5) is 0. The molecular formula is C10H17N3. The smallest absolute Gasteiger partial charge is 0.0659 e. The molecule has 1 unspecified atom stereocenters. The largest absolute Gasteiger partial charge is 0.330 e. The summed E-state index contributed by atoms with van der Waals surface area (Å²) in [6.45, 7) is 2.96. The van der Waals surface area contributed by atoms with Crippen LogP contribution < -0.4 is 5.73 Å². The van der Waals surface area contributed by atoms with Gasteiger partial charge in [0.05, 0.1) is 5.69 Å². The normalized spacial score (nSPS) is 21.6. The third-order valence-corrected chi connectivity index (χ3v) is 3.16. The first kappa shape index (κ1) is 8.75. The minimum absolute atomic E-state index is 0.676. The van der Waals surface area contributed by atoms with Crippen molar-refractivity contribution in [1.29, 1.82) is 0 Å². The van der Waals surface area contributed by atoms with Gasteiger partial charge in [-0.25, -0.2) is 0 Å². The Hall–Kier alpha value is -0.830. The number of fused-ring (bicyclic) bond motifs is 1. The molecule has 1 aliphatic rings. The fourth-order valence-corrected chi connectivity index (χ4v) is 2.12. The molecule has 1 aromatic rings. The van der Waals surface area contributed by atoms with Gasteiger partial charge in [0.15, 0.2) is 0 Å². The van der Waals surface area contributed by atoms with Gasteiger partial charge in [0.2, 0.25) is 0 Å². The molecule has 0 spiro atoms. The Balaban J connectivity index is 2.32. The fourth-order valence-electron chi connectivity index (χ4n) is 2.12. The van der Waals surface area contributed by atoms with E-state index in [1.54, 1.807) is 0 Å². The van der Waals surface area contributed by atoms with E-state index < -0.39 is 0 Å². The van der Waals surface area contributed by atoms with E-state index in [4.69, 9.17) is 5.73 Å². The fraction of sp³-hybridized carbons (Fsp3) is 0.700. The molecule has 1 heterocycles. The maximum Gasteiger partial charge on any atom is 0.0659 e. The molecule has 0 amide bonds. The molecule has 0 aliphatic heterocycles. The van der Waals surface area contributed by atoms with Gasteiger partial charge >= 0.3 is 0 Å². The van der Waals surface area contributed by atoms with Crippen molar-refractivity contribution in [2.75, 3.05) is 6.54 Å². The summed E-state index contributed by atoms with van der Waals surface area (Å²) in [5, 5.41) is 4.50. The maximum absolute atomic E-state index is 5.69. The van der Waals surface area contributed by atoms with Crippen molar-refractivity contribution < 1.29 is 0 Å². The lowest BCUT2D eigenvalue weighted by Crippen LogP contribution is -2.22. The van der Waals surface area contributed by atoms with Crippen LogP contribution in [0.5, 0.6) is 0 Å². The van der Waals surface area contributed by atoms with Gasteiger partial charge < -0.3 is 5.73 Å². The molecule has 0 saturated heterocycles. The SMILES string of the molecule is Cc1c2c(nn1C)CCC(CN)C2. The average Bonchev–Trinajstić information content (AvgIpc) is 2.43. The summed E-state index contributed by atoms with van der Waals surface area (Å²) in [5.74, 6) is 0.676. The van der Waals surface area contributed by atoms with Gasteiger partial charge in [0, 0.05) is 12.7 Å². The molecule has 0 saturated carbocycles. The maximum atomic E-state index is 5.69.